The van der Waals surface area contributed by atoms with Gasteiger partial charge in [0.25, 0.3) is 5.69 Å². The van der Waals surface area contributed by atoms with Crippen LogP contribution in [0.25, 0.3) is 0 Å². The van der Waals surface area contributed by atoms with E-state index in [1.165, 1.54) is 12.1 Å². The molecule has 20 heavy (non-hydrogen) atoms. The van der Waals surface area contributed by atoms with E-state index in [0.29, 0.717) is 17.0 Å². The summed E-state index contributed by atoms with van der Waals surface area (Å²) in [6, 6.07) is 4.55. The lowest BCUT2D eigenvalue weighted by atomic mass is 10.2. The van der Waals surface area contributed by atoms with Crippen molar-refractivity contribution in [1.82, 2.24) is 4.98 Å². The van der Waals surface area contributed by atoms with Crippen molar-refractivity contribution in [1.29, 1.82) is 0 Å². The minimum absolute atomic E-state index is 0.0145. The second-order valence-corrected chi connectivity index (χ2v) is 4.75. The van der Waals surface area contributed by atoms with E-state index in [1.54, 1.807) is 18.4 Å². The number of nitrogens with zero attached hydrogens (tertiary/aromatic N) is 2. The van der Waals surface area contributed by atoms with Crippen molar-refractivity contribution in [2.45, 2.75) is 13.5 Å². The summed E-state index contributed by atoms with van der Waals surface area (Å²) in [5, 5.41) is 21.1. The molecule has 1 aromatic heterocycles. The van der Waals surface area contributed by atoms with Crippen molar-refractivity contribution < 1.29 is 19.6 Å². The van der Waals surface area contributed by atoms with E-state index in [1.807, 2.05) is 0 Å². The Kier molecular flexibility index (Phi) is 3.94. The van der Waals surface area contributed by atoms with Crippen LogP contribution >= 0.6 is 11.3 Å². The summed E-state index contributed by atoms with van der Waals surface area (Å²) in [6.45, 7) is 1.66. The molecule has 0 aliphatic rings. The van der Waals surface area contributed by atoms with Gasteiger partial charge in [-0.05, 0) is 13.0 Å². The molecule has 0 unspecified atom stereocenters. The SMILES string of the molecule is Cc1c(OCc2csc(C(=O)O)n2)cccc1[N+](=O)[O-]. The lowest BCUT2D eigenvalue weighted by Gasteiger charge is -2.07. The van der Waals surface area contributed by atoms with Crippen molar-refractivity contribution in [3.63, 3.8) is 0 Å². The van der Waals surface area contributed by atoms with Gasteiger partial charge >= 0.3 is 5.97 Å². The molecule has 1 N–H and O–H groups in total. The van der Waals surface area contributed by atoms with Gasteiger partial charge in [-0.15, -0.1) is 11.3 Å². The molecule has 7 nitrogen and oxygen atoms in total. The number of carboxylic acids is 1. The van der Waals surface area contributed by atoms with Crippen molar-refractivity contribution in [2.24, 2.45) is 0 Å². The predicted octanol–water partition coefficient (Wildman–Crippen LogP) is 2.64. The van der Waals surface area contributed by atoms with E-state index in [2.05, 4.69) is 4.98 Å². The fourth-order valence-electron chi connectivity index (χ4n) is 1.58. The number of thiazole rings is 1. The monoisotopic (exact) mass is 294 g/mol. The fraction of sp³-hybridized carbons (Fsp3) is 0.167. The summed E-state index contributed by atoms with van der Waals surface area (Å²) in [7, 11) is 0. The summed E-state index contributed by atoms with van der Waals surface area (Å²) in [4.78, 5) is 24.9. The minimum Gasteiger partial charge on any atom is -0.487 e. The first kappa shape index (κ1) is 13.9. The standard InChI is InChI=1S/C12H10N2O5S/c1-7-9(14(17)18)3-2-4-10(7)19-5-8-6-20-11(13-8)12(15)16/h2-4,6H,5H2,1H3,(H,15,16). The number of aromatic carboxylic acids is 1. The molecule has 0 spiro atoms. The molecule has 2 rings (SSSR count). The van der Waals surface area contributed by atoms with E-state index < -0.39 is 10.9 Å². The minimum atomic E-state index is -1.09. The second kappa shape index (κ2) is 5.66. The first-order chi connectivity index (χ1) is 9.49. The number of rotatable bonds is 5. The highest BCUT2D eigenvalue weighted by molar-refractivity contribution is 7.11. The molecule has 1 aromatic carbocycles. The Morgan fingerprint density at radius 1 is 1.55 bits per heavy atom. The number of carboxylic acid groups (broad SMARTS) is 1. The molecule has 2 aromatic rings. The first-order valence-electron chi connectivity index (χ1n) is 5.53. The van der Waals surface area contributed by atoms with Gasteiger partial charge in [0.15, 0.2) is 0 Å². The summed E-state index contributed by atoms with van der Waals surface area (Å²) >= 11 is 1.01. The molecule has 104 valence electrons. The maximum absolute atomic E-state index is 10.8. The van der Waals surface area contributed by atoms with Crippen LogP contribution in [0.4, 0.5) is 5.69 Å². The van der Waals surface area contributed by atoms with E-state index in [9.17, 15) is 14.9 Å². The highest BCUT2D eigenvalue weighted by Crippen LogP contribution is 2.27. The summed E-state index contributed by atoms with van der Waals surface area (Å²) < 4.78 is 5.45. The largest absolute Gasteiger partial charge is 0.487 e. The van der Waals surface area contributed by atoms with Crippen LogP contribution in [0.3, 0.4) is 0 Å². The third-order valence-corrected chi connectivity index (χ3v) is 3.44. The summed E-state index contributed by atoms with van der Waals surface area (Å²) in [6.07, 6.45) is 0. The zero-order valence-corrected chi connectivity index (χ0v) is 11.2. The number of nitro benzene ring substituents is 1. The summed E-state index contributed by atoms with van der Waals surface area (Å²) in [5.41, 5.74) is 0.872. The molecule has 0 saturated heterocycles. The quantitative estimate of drug-likeness (QED) is 0.671. The Morgan fingerprint density at radius 3 is 2.90 bits per heavy atom. The van der Waals surface area contributed by atoms with Crippen LogP contribution in [0.15, 0.2) is 23.6 Å². The fourth-order valence-corrected chi connectivity index (χ4v) is 2.22. The van der Waals surface area contributed by atoms with Gasteiger partial charge in [0.2, 0.25) is 5.01 Å². The Labute approximate surface area is 117 Å². The number of hydrogen-bond acceptors (Lipinski definition) is 6. The Morgan fingerprint density at radius 2 is 2.30 bits per heavy atom. The number of hydrogen-bond donors (Lipinski definition) is 1. The maximum Gasteiger partial charge on any atom is 0.365 e. The van der Waals surface area contributed by atoms with Crippen LogP contribution in [-0.4, -0.2) is 21.0 Å². The zero-order valence-electron chi connectivity index (χ0n) is 10.4. The molecular formula is C12H10N2O5S. The molecule has 0 saturated carbocycles. The van der Waals surface area contributed by atoms with Crippen molar-refractivity contribution in [3.8, 4) is 5.75 Å². The van der Waals surface area contributed by atoms with Gasteiger partial charge in [-0.1, -0.05) is 6.07 Å². The van der Waals surface area contributed by atoms with Crippen LogP contribution in [0.5, 0.6) is 5.75 Å². The molecule has 0 amide bonds. The van der Waals surface area contributed by atoms with Gasteiger partial charge in [0.1, 0.15) is 12.4 Å². The van der Waals surface area contributed by atoms with E-state index >= 15 is 0 Å². The molecule has 0 aliphatic carbocycles. The molecule has 0 atom stereocenters. The average Bonchev–Trinajstić information content (AvgIpc) is 2.86. The molecule has 0 bridgehead atoms. The summed E-state index contributed by atoms with van der Waals surface area (Å²) in [5.74, 6) is -0.711. The molecule has 0 fully saturated rings. The maximum atomic E-state index is 10.8. The highest BCUT2D eigenvalue weighted by atomic mass is 32.1. The smallest absolute Gasteiger partial charge is 0.365 e. The number of aromatic nitrogens is 1. The van der Waals surface area contributed by atoms with E-state index in [4.69, 9.17) is 9.84 Å². The van der Waals surface area contributed by atoms with Gasteiger partial charge in [0.05, 0.1) is 16.2 Å². The molecule has 1 heterocycles. The lowest BCUT2D eigenvalue weighted by molar-refractivity contribution is -0.385. The molecule has 8 heteroatoms. The number of ether oxygens (including phenoxy) is 1. The number of carbonyl (C=O) groups is 1. The third kappa shape index (κ3) is 2.91. The predicted molar refractivity (Wildman–Crippen MR) is 71.2 cm³/mol. The number of nitro groups is 1. The molecular weight excluding hydrogens is 284 g/mol. The van der Waals surface area contributed by atoms with Gasteiger partial charge < -0.3 is 9.84 Å². The van der Waals surface area contributed by atoms with E-state index in [-0.39, 0.29) is 17.3 Å². The Balaban J connectivity index is 2.12. The van der Waals surface area contributed by atoms with Crippen LogP contribution in [0, 0.1) is 17.0 Å². The first-order valence-corrected chi connectivity index (χ1v) is 6.41. The third-order valence-electron chi connectivity index (χ3n) is 2.56. The zero-order chi connectivity index (χ0) is 14.7. The van der Waals surface area contributed by atoms with Gasteiger partial charge in [-0.2, -0.15) is 0 Å². The highest BCUT2D eigenvalue weighted by Gasteiger charge is 2.15. The van der Waals surface area contributed by atoms with Gasteiger partial charge in [0, 0.05) is 11.4 Å². The van der Waals surface area contributed by atoms with Crippen LogP contribution < -0.4 is 4.74 Å². The second-order valence-electron chi connectivity index (χ2n) is 3.90. The van der Waals surface area contributed by atoms with Crippen LogP contribution in [0.1, 0.15) is 21.1 Å². The van der Waals surface area contributed by atoms with Crippen molar-refractivity contribution in [2.75, 3.05) is 0 Å². The number of benzene rings is 1. The Hall–Kier alpha value is -2.48. The van der Waals surface area contributed by atoms with Crippen LogP contribution in [0.2, 0.25) is 0 Å². The van der Waals surface area contributed by atoms with E-state index in [0.717, 1.165) is 11.3 Å². The van der Waals surface area contributed by atoms with Gasteiger partial charge in [-0.25, -0.2) is 9.78 Å². The van der Waals surface area contributed by atoms with Crippen LogP contribution in [-0.2, 0) is 6.61 Å². The van der Waals surface area contributed by atoms with Crippen molar-refractivity contribution >= 4 is 23.0 Å². The van der Waals surface area contributed by atoms with Crippen molar-refractivity contribution in [3.05, 3.63) is 50.0 Å². The molecule has 0 radical (unpaired) electrons. The topological polar surface area (TPSA) is 103 Å². The molecule has 0 aliphatic heterocycles. The lowest BCUT2D eigenvalue weighted by Crippen LogP contribution is -2.01. The van der Waals surface area contributed by atoms with Gasteiger partial charge in [-0.3, -0.25) is 10.1 Å². The Bertz CT molecular complexity index is 668. The average molecular weight is 294 g/mol. The normalized spacial score (nSPS) is 10.2.